The standard InChI is InChI=1S/C12H15FO3/c1-4-16-11(14)7-9-10(13)6-5-8(2)12(9)15-3/h5-6H,4,7H2,1-3H3. The fraction of sp³-hybridized carbons (Fsp3) is 0.417. The molecule has 16 heavy (non-hydrogen) atoms. The first-order chi connectivity index (χ1) is 7.60. The van der Waals surface area contributed by atoms with E-state index in [4.69, 9.17) is 9.47 Å². The highest BCUT2D eigenvalue weighted by Crippen LogP contribution is 2.26. The maximum atomic E-state index is 13.5. The molecule has 0 saturated carbocycles. The lowest BCUT2D eigenvalue weighted by molar-refractivity contribution is -0.142. The molecule has 3 nitrogen and oxygen atoms in total. The predicted molar refractivity (Wildman–Crippen MR) is 58.0 cm³/mol. The second-order valence-corrected chi connectivity index (χ2v) is 3.36. The highest BCUT2D eigenvalue weighted by atomic mass is 19.1. The van der Waals surface area contributed by atoms with Crippen LogP contribution in [0.3, 0.4) is 0 Å². The van der Waals surface area contributed by atoms with Crippen LogP contribution < -0.4 is 4.74 Å². The minimum Gasteiger partial charge on any atom is -0.496 e. The molecule has 0 amide bonds. The van der Waals surface area contributed by atoms with E-state index in [0.29, 0.717) is 5.75 Å². The van der Waals surface area contributed by atoms with Crippen molar-refractivity contribution in [2.75, 3.05) is 13.7 Å². The van der Waals surface area contributed by atoms with Crippen molar-refractivity contribution in [3.05, 3.63) is 29.1 Å². The van der Waals surface area contributed by atoms with Crippen LogP contribution in [0.15, 0.2) is 12.1 Å². The van der Waals surface area contributed by atoms with E-state index in [1.165, 1.54) is 13.2 Å². The van der Waals surface area contributed by atoms with Crippen molar-refractivity contribution < 1.29 is 18.7 Å². The van der Waals surface area contributed by atoms with E-state index in [2.05, 4.69) is 0 Å². The lowest BCUT2D eigenvalue weighted by Gasteiger charge is -2.11. The van der Waals surface area contributed by atoms with E-state index in [1.807, 2.05) is 0 Å². The number of aryl methyl sites for hydroxylation is 1. The molecule has 4 heteroatoms. The summed E-state index contributed by atoms with van der Waals surface area (Å²) in [5.74, 6) is -0.492. The topological polar surface area (TPSA) is 35.5 Å². The molecule has 0 saturated heterocycles. The van der Waals surface area contributed by atoms with Crippen molar-refractivity contribution in [2.45, 2.75) is 20.3 Å². The van der Waals surface area contributed by atoms with Gasteiger partial charge < -0.3 is 9.47 Å². The van der Waals surface area contributed by atoms with Crippen molar-refractivity contribution in [1.82, 2.24) is 0 Å². The molecule has 0 radical (unpaired) electrons. The van der Waals surface area contributed by atoms with Gasteiger partial charge in [-0.3, -0.25) is 4.79 Å². The van der Waals surface area contributed by atoms with Crippen LogP contribution in [0.25, 0.3) is 0 Å². The van der Waals surface area contributed by atoms with E-state index in [1.54, 1.807) is 19.9 Å². The number of carbonyl (C=O) groups excluding carboxylic acids is 1. The van der Waals surface area contributed by atoms with Crippen molar-refractivity contribution in [1.29, 1.82) is 0 Å². The molecule has 0 aromatic heterocycles. The fourth-order valence-electron chi connectivity index (χ4n) is 1.53. The number of methoxy groups -OCH3 is 1. The van der Waals surface area contributed by atoms with E-state index >= 15 is 0 Å². The molecule has 88 valence electrons. The Morgan fingerprint density at radius 1 is 1.44 bits per heavy atom. The SMILES string of the molecule is CCOC(=O)Cc1c(F)ccc(C)c1OC. The number of carbonyl (C=O) groups is 1. The van der Waals surface area contributed by atoms with Crippen LogP contribution >= 0.6 is 0 Å². The maximum Gasteiger partial charge on any atom is 0.310 e. The third-order valence-electron chi connectivity index (χ3n) is 2.23. The van der Waals surface area contributed by atoms with Gasteiger partial charge in [0.1, 0.15) is 11.6 Å². The molecule has 0 heterocycles. The number of benzene rings is 1. The minimum absolute atomic E-state index is 0.107. The summed E-state index contributed by atoms with van der Waals surface area (Å²) in [6.07, 6.45) is -0.107. The molecule has 0 atom stereocenters. The summed E-state index contributed by atoms with van der Waals surface area (Å²) in [4.78, 5) is 11.3. The fourth-order valence-corrected chi connectivity index (χ4v) is 1.53. The Balaban J connectivity index is 3.01. The number of halogens is 1. The molecule has 0 unspecified atom stereocenters. The number of ether oxygens (including phenoxy) is 2. The number of hydrogen-bond acceptors (Lipinski definition) is 3. The number of esters is 1. The van der Waals surface area contributed by atoms with E-state index in [-0.39, 0.29) is 18.6 Å². The van der Waals surface area contributed by atoms with Crippen molar-refractivity contribution in [3.63, 3.8) is 0 Å². The average Bonchev–Trinajstić information content (AvgIpc) is 2.24. The first-order valence-corrected chi connectivity index (χ1v) is 5.07. The Morgan fingerprint density at radius 2 is 2.12 bits per heavy atom. The summed E-state index contributed by atoms with van der Waals surface area (Å²) in [6.45, 7) is 3.79. The van der Waals surface area contributed by atoms with Gasteiger partial charge in [-0.2, -0.15) is 0 Å². The first kappa shape index (κ1) is 12.5. The molecule has 1 rings (SSSR count). The van der Waals surface area contributed by atoms with Crippen molar-refractivity contribution >= 4 is 5.97 Å². The van der Waals surface area contributed by atoms with Gasteiger partial charge in [0, 0.05) is 5.56 Å². The summed E-state index contributed by atoms with van der Waals surface area (Å²) >= 11 is 0. The van der Waals surface area contributed by atoms with Crippen LogP contribution in [0.4, 0.5) is 4.39 Å². The van der Waals surface area contributed by atoms with Crippen LogP contribution in [0, 0.1) is 12.7 Å². The van der Waals surface area contributed by atoms with Gasteiger partial charge in [-0.1, -0.05) is 6.07 Å². The van der Waals surface area contributed by atoms with Crippen LogP contribution in [0.5, 0.6) is 5.75 Å². The Morgan fingerprint density at radius 3 is 2.69 bits per heavy atom. The highest BCUT2D eigenvalue weighted by molar-refractivity contribution is 5.74. The monoisotopic (exact) mass is 226 g/mol. The van der Waals surface area contributed by atoms with Crippen molar-refractivity contribution in [2.24, 2.45) is 0 Å². The molecule has 0 bridgehead atoms. The van der Waals surface area contributed by atoms with Gasteiger partial charge in [-0.25, -0.2) is 4.39 Å². The lowest BCUT2D eigenvalue weighted by Crippen LogP contribution is -2.10. The van der Waals surface area contributed by atoms with Gasteiger partial charge in [0.2, 0.25) is 0 Å². The van der Waals surface area contributed by atoms with Gasteiger partial charge in [0.15, 0.2) is 0 Å². The normalized spacial score (nSPS) is 10.0. The van der Waals surface area contributed by atoms with Gasteiger partial charge in [0.25, 0.3) is 0 Å². The molecule has 0 aliphatic rings. The Hall–Kier alpha value is -1.58. The summed E-state index contributed by atoms with van der Waals surface area (Å²) < 4.78 is 23.4. The van der Waals surface area contributed by atoms with Gasteiger partial charge >= 0.3 is 5.97 Å². The predicted octanol–water partition coefficient (Wildman–Crippen LogP) is 2.25. The number of hydrogen-bond donors (Lipinski definition) is 0. The molecule has 0 aliphatic heterocycles. The van der Waals surface area contributed by atoms with Gasteiger partial charge in [-0.05, 0) is 25.5 Å². The van der Waals surface area contributed by atoms with Crippen LogP contribution in [0.1, 0.15) is 18.1 Å². The summed E-state index contributed by atoms with van der Waals surface area (Å²) in [5, 5.41) is 0. The second-order valence-electron chi connectivity index (χ2n) is 3.36. The Bertz CT molecular complexity index is 388. The minimum atomic E-state index is -0.453. The summed E-state index contributed by atoms with van der Waals surface area (Å²) in [7, 11) is 1.45. The van der Waals surface area contributed by atoms with Gasteiger partial charge in [0.05, 0.1) is 20.1 Å². The second kappa shape index (κ2) is 5.49. The zero-order chi connectivity index (χ0) is 12.1. The first-order valence-electron chi connectivity index (χ1n) is 5.07. The quantitative estimate of drug-likeness (QED) is 0.739. The van der Waals surface area contributed by atoms with E-state index < -0.39 is 11.8 Å². The largest absolute Gasteiger partial charge is 0.496 e. The molecule has 0 aliphatic carbocycles. The third kappa shape index (κ3) is 2.72. The molecule has 1 aromatic rings. The van der Waals surface area contributed by atoms with E-state index in [0.717, 1.165) is 5.56 Å². The molecular weight excluding hydrogens is 211 g/mol. The summed E-state index contributed by atoms with van der Waals surface area (Å²) in [5.41, 5.74) is 1.05. The smallest absolute Gasteiger partial charge is 0.310 e. The molecule has 0 spiro atoms. The van der Waals surface area contributed by atoms with Crippen LogP contribution in [-0.2, 0) is 16.0 Å². The third-order valence-corrected chi connectivity index (χ3v) is 2.23. The average molecular weight is 226 g/mol. The molecular formula is C12H15FO3. The molecule has 0 N–H and O–H groups in total. The summed E-state index contributed by atoms with van der Waals surface area (Å²) in [6, 6.07) is 2.94. The van der Waals surface area contributed by atoms with Gasteiger partial charge in [-0.15, -0.1) is 0 Å². The van der Waals surface area contributed by atoms with Crippen molar-refractivity contribution in [3.8, 4) is 5.75 Å². The lowest BCUT2D eigenvalue weighted by atomic mass is 10.1. The Labute approximate surface area is 94.2 Å². The van der Waals surface area contributed by atoms with Crippen LogP contribution in [-0.4, -0.2) is 19.7 Å². The zero-order valence-corrected chi connectivity index (χ0v) is 9.67. The van der Waals surface area contributed by atoms with E-state index in [9.17, 15) is 9.18 Å². The molecule has 1 aromatic carbocycles. The maximum absolute atomic E-state index is 13.5. The zero-order valence-electron chi connectivity index (χ0n) is 9.67. The van der Waals surface area contributed by atoms with Crippen LogP contribution in [0.2, 0.25) is 0 Å². The highest BCUT2D eigenvalue weighted by Gasteiger charge is 2.16. The number of rotatable bonds is 4. The Kier molecular flexibility index (Phi) is 4.28. The molecule has 0 fully saturated rings.